The molecule has 1 aromatic heterocycles. The van der Waals surface area contributed by atoms with Crippen molar-refractivity contribution < 1.29 is 0 Å². The Balaban J connectivity index is 2.14. The second-order valence-electron chi connectivity index (χ2n) is 2.99. The lowest BCUT2D eigenvalue weighted by atomic mass is 10.2. The van der Waals surface area contributed by atoms with E-state index in [1.807, 2.05) is 35.7 Å². The molecular formula is C11H9N3S. The fraction of sp³-hybridized carbons (Fsp3) is 0.0909. The molecule has 0 aliphatic carbocycles. The SMILES string of the molecule is N#CC(Nc1ccccc1)c1cscn1. The monoisotopic (exact) mass is 215 g/mol. The van der Waals surface area contributed by atoms with Gasteiger partial charge in [0.05, 0.1) is 17.3 Å². The number of para-hydroxylation sites is 1. The van der Waals surface area contributed by atoms with Crippen LogP contribution in [0.1, 0.15) is 11.7 Å². The Kier molecular flexibility index (Phi) is 2.96. The maximum Gasteiger partial charge on any atom is 0.158 e. The van der Waals surface area contributed by atoms with Crippen molar-refractivity contribution >= 4 is 17.0 Å². The minimum Gasteiger partial charge on any atom is -0.365 e. The smallest absolute Gasteiger partial charge is 0.158 e. The zero-order chi connectivity index (χ0) is 10.5. The molecular weight excluding hydrogens is 206 g/mol. The number of nitriles is 1. The number of aromatic nitrogens is 1. The molecule has 0 spiro atoms. The lowest BCUT2D eigenvalue weighted by Gasteiger charge is -2.09. The van der Waals surface area contributed by atoms with Gasteiger partial charge in [0.2, 0.25) is 0 Å². The van der Waals surface area contributed by atoms with Crippen molar-refractivity contribution in [2.45, 2.75) is 6.04 Å². The van der Waals surface area contributed by atoms with Gasteiger partial charge in [0.25, 0.3) is 0 Å². The Morgan fingerprint density at radius 1 is 1.33 bits per heavy atom. The number of hydrogen-bond donors (Lipinski definition) is 1. The van der Waals surface area contributed by atoms with Crippen molar-refractivity contribution in [1.29, 1.82) is 5.26 Å². The number of benzene rings is 1. The quantitative estimate of drug-likeness (QED) is 0.856. The van der Waals surface area contributed by atoms with Crippen LogP contribution in [0.5, 0.6) is 0 Å². The molecule has 74 valence electrons. The fourth-order valence-corrected chi connectivity index (χ4v) is 1.82. The first-order chi connectivity index (χ1) is 7.40. The van der Waals surface area contributed by atoms with Crippen LogP contribution in [-0.2, 0) is 0 Å². The summed E-state index contributed by atoms with van der Waals surface area (Å²) < 4.78 is 0. The summed E-state index contributed by atoms with van der Waals surface area (Å²) >= 11 is 1.49. The summed E-state index contributed by atoms with van der Waals surface area (Å²) in [7, 11) is 0. The normalized spacial score (nSPS) is 11.7. The van der Waals surface area contributed by atoms with E-state index in [9.17, 15) is 0 Å². The summed E-state index contributed by atoms with van der Waals surface area (Å²) in [5.41, 5.74) is 3.43. The van der Waals surface area contributed by atoms with Crippen LogP contribution in [0.4, 0.5) is 5.69 Å². The first-order valence-corrected chi connectivity index (χ1v) is 5.44. The van der Waals surface area contributed by atoms with Gasteiger partial charge in [-0.2, -0.15) is 5.26 Å². The second-order valence-corrected chi connectivity index (χ2v) is 3.70. The third-order valence-electron chi connectivity index (χ3n) is 1.96. The van der Waals surface area contributed by atoms with Gasteiger partial charge in [0.1, 0.15) is 0 Å². The molecule has 3 nitrogen and oxygen atoms in total. The molecule has 0 bridgehead atoms. The average Bonchev–Trinajstić information content (AvgIpc) is 2.81. The molecule has 0 radical (unpaired) electrons. The standard InChI is InChI=1S/C11H9N3S/c12-6-10(11-7-15-8-13-11)14-9-4-2-1-3-5-9/h1-5,7-8,10,14H. The van der Waals surface area contributed by atoms with Crippen LogP contribution in [0.2, 0.25) is 0 Å². The summed E-state index contributed by atoms with van der Waals surface area (Å²) in [5.74, 6) is 0. The summed E-state index contributed by atoms with van der Waals surface area (Å²) in [4.78, 5) is 4.12. The lowest BCUT2D eigenvalue weighted by molar-refractivity contribution is 0.951. The first-order valence-electron chi connectivity index (χ1n) is 4.49. The van der Waals surface area contributed by atoms with Crippen molar-refractivity contribution in [3.05, 3.63) is 46.9 Å². The van der Waals surface area contributed by atoms with Crippen molar-refractivity contribution in [2.24, 2.45) is 0 Å². The van der Waals surface area contributed by atoms with E-state index in [0.717, 1.165) is 11.4 Å². The molecule has 1 atom stereocenters. The zero-order valence-electron chi connectivity index (χ0n) is 7.92. The summed E-state index contributed by atoms with van der Waals surface area (Å²) in [6.45, 7) is 0. The Labute approximate surface area is 92.0 Å². The highest BCUT2D eigenvalue weighted by molar-refractivity contribution is 7.07. The molecule has 1 N–H and O–H groups in total. The number of nitrogens with one attached hydrogen (secondary N) is 1. The fourth-order valence-electron chi connectivity index (χ4n) is 1.24. The van der Waals surface area contributed by atoms with Gasteiger partial charge in [0, 0.05) is 11.1 Å². The average molecular weight is 215 g/mol. The lowest BCUT2D eigenvalue weighted by Crippen LogP contribution is -2.08. The van der Waals surface area contributed by atoms with Crippen molar-refractivity contribution in [3.8, 4) is 6.07 Å². The van der Waals surface area contributed by atoms with Gasteiger partial charge >= 0.3 is 0 Å². The van der Waals surface area contributed by atoms with Gasteiger partial charge in [-0.1, -0.05) is 18.2 Å². The molecule has 4 heteroatoms. The third-order valence-corrected chi connectivity index (χ3v) is 2.57. The van der Waals surface area contributed by atoms with E-state index >= 15 is 0 Å². The number of rotatable bonds is 3. The van der Waals surface area contributed by atoms with E-state index in [1.165, 1.54) is 11.3 Å². The number of thiazole rings is 1. The van der Waals surface area contributed by atoms with E-state index in [1.54, 1.807) is 5.51 Å². The molecule has 0 aliphatic heterocycles. The predicted octanol–water partition coefficient (Wildman–Crippen LogP) is 2.82. The van der Waals surface area contributed by atoms with Crippen LogP contribution < -0.4 is 5.32 Å². The molecule has 2 rings (SSSR count). The van der Waals surface area contributed by atoms with E-state index < -0.39 is 0 Å². The number of nitrogens with zero attached hydrogens (tertiary/aromatic N) is 2. The zero-order valence-corrected chi connectivity index (χ0v) is 8.74. The molecule has 0 saturated heterocycles. The van der Waals surface area contributed by atoms with Crippen LogP contribution in [0.25, 0.3) is 0 Å². The van der Waals surface area contributed by atoms with Crippen LogP contribution >= 0.6 is 11.3 Å². The van der Waals surface area contributed by atoms with E-state index in [2.05, 4.69) is 16.4 Å². The molecule has 0 fully saturated rings. The molecule has 1 unspecified atom stereocenters. The molecule has 15 heavy (non-hydrogen) atoms. The Morgan fingerprint density at radius 3 is 2.73 bits per heavy atom. The van der Waals surface area contributed by atoms with Gasteiger partial charge in [-0.25, -0.2) is 4.98 Å². The van der Waals surface area contributed by atoms with Gasteiger partial charge < -0.3 is 5.32 Å². The first kappa shape index (κ1) is 9.69. The van der Waals surface area contributed by atoms with Crippen molar-refractivity contribution in [2.75, 3.05) is 5.32 Å². The molecule has 0 amide bonds. The summed E-state index contributed by atoms with van der Waals surface area (Å²) in [6, 6.07) is 11.5. The van der Waals surface area contributed by atoms with E-state index in [0.29, 0.717) is 0 Å². The van der Waals surface area contributed by atoms with Gasteiger partial charge in [-0.05, 0) is 12.1 Å². The van der Waals surface area contributed by atoms with E-state index in [-0.39, 0.29) is 6.04 Å². The topological polar surface area (TPSA) is 48.7 Å². The van der Waals surface area contributed by atoms with Crippen LogP contribution in [0.15, 0.2) is 41.2 Å². The Bertz CT molecular complexity index is 444. The largest absolute Gasteiger partial charge is 0.365 e. The number of anilines is 1. The van der Waals surface area contributed by atoms with Crippen LogP contribution in [0.3, 0.4) is 0 Å². The molecule has 0 aliphatic rings. The second kappa shape index (κ2) is 4.58. The van der Waals surface area contributed by atoms with Crippen LogP contribution in [0, 0.1) is 11.3 Å². The van der Waals surface area contributed by atoms with Crippen molar-refractivity contribution in [3.63, 3.8) is 0 Å². The van der Waals surface area contributed by atoms with Gasteiger partial charge in [0.15, 0.2) is 6.04 Å². The Hall–Kier alpha value is -1.86. The van der Waals surface area contributed by atoms with Gasteiger partial charge in [-0.3, -0.25) is 0 Å². The maximum absolute atomic E-state index is 9.01. The highest BCUT2D eigenvalue weighted by atomic mass is 32.1. The molecule has 2 aromatic rings. The molecule has 1 heterocycles. The summed E-state index contributed by atoms with van der Waals surface area (Å²) in [5, 5.41) is 14.0. The molecule has 1 aromatic carbocycles. The minimum atomic E-state index is -0.376. The predicted molar refractivity (Wildman–Crippen MR) is 60.5 cm³/mol. The van der Waals surface area contributed by atoms with Gasteiger partial charge in [-0.15, -0.1) is 11.3 Å². The highest BCUT2D eigenvalue weighted by Crippen LogP contribution is 2.18. The van der Waals surface area contributed by atoms with E-state index in [4.69, 9.17) is 5.26 Å². The highest BCUT2D eigenvalue weighted by Gasteiger charge is 2.11. The number of hydrogen-bond acceptors (Lipinski definition) is 4. The Morgan fingerprint density at radius 2 is 2.13 bits per heavy atom. The molecule has 0 saturated carbocycles. The maximum atomic E-state index is 9.01. The summed E-state index contributed by atoms with van der Waals surface area (Å²) in [6.07, 6.45) is 0. The van der Waals surface area contributed by atoms with Crippen LogP contribution in [-0.4, -0.2) is 4.98 Å². The minimum absolute atomic E-state index is 0.376. The third kappa shape index (κ3) is 2.33. The van der Waals surface area contributed by atoms with Crippen molar-refractivity contribution in [1.82, 2.24) is 4.98 Å².